The van der Waals surface area contributed by atoms with Crippen LogP contribution in [0, 0.1) is 11.8 Å². The van der Waals surface area contributed by atoms with E-state index in [9.17, 15) is 0 Å². The molecule has 2 heteroatoms. The first kappa shape index (κ1) is 11.7. The molecule has 0 N–H and O–H groups in total. The molecule has 1 aliphatic heterocycles. The molecule has 1 saturated heterocycles. The molecule has 1 nitrogen and oxygen atoms in total. The molecule has 15 heavy (non-hydrogen) atoms. The Kier molecular flexibility index (Phi) is 4.77. The second-order valence-electron chi connectivity index (χ2n) is 5.40. The van der Waals surface area contributed by atoms with E-state index in [-0.39, 0.29) is 0 Å². The Hall–Kier alpha value is 0.250. The topological polar surface area (TPSA) is 3.24 Å². The smallest absolute Gasteiger partial charge is 0.0226 e. The summed E-state index contributed by atoms with van der Waals surface area (Å²) < 4.78 is 0. The maximum atomic E-state index is 5.83. The lowest BCUT2D eigenvalue weighted by molar-refractivity contribution is 0.150. The monoisotopic (exact) mass is 229 g/mol. The van der Waals surface area contributed by atoms with E-state index in [2.05, 4.69) is 4.90 Å². The highest BCUT2D eigenvalue weighted by atomic mass is 35.5. The van der Waals surface area contributed by atoms with E-state index in [0.29, 0.717) is 0 Å². The van der Waals surface area contributed by atoms with Crippen molar-refractivity contribution in [2.45, 2.75) is 44.9 Å². The molecule has 0 aromatic carbocycles. The summed E-state index contributed by atoms with van der Waals surface area (Å²) in [6.07, 6.45) is 9.95. The van der Waals surface area contributed by atoms with Gasteiger partial charge in [0.05, 0.1) is 0 Å². The number of likely N-dealkylation sites (tertiary alicyclic amines) is 1. The number of nitrogens with zero attached hydrogens (tertiary/aromatic N) is 1. The van der Waals surface area contributed by atoms with Crippen LogP contribution < -0.4 is 0 Å². The van der Waals surface area contributed by atoms with E-state index in [0.717, 1.165) is 17.7 Å². The molecule has 0 spiro atoms. The minimum Gasteiger partial charge on any atom is -0.303 e. The van der Waals surface area contributed by atoms with E-state index in [1.54, 1.807) is 0 Å². The maximum Gasteiger partial charge on any atom is 0.0226 e. The fraction of sp³-hybridized carbons (Fsp3) is 1.00. The summed E-state index contributed by atoms with van der Waals surface area (Å²) in [4.78, 5) is 2.71. The SMILES string of the molecule is ClCCC1CCCN(CC2CCCC2)C1. The van der Waals surface area contributed by atoms with Gasteiger partial charge in [0, 0.05) is 19.0 Å². The Balaban J connectivity index is 1.71. The van der Waals surface area contributed by atoms with Crippen LogP contribution in [-0.4, -0.2) is 30.4 Å². The van der Waals surface area contributed by atoms with Crippen LogP contribution in [-0.2, 0) is 0 Å². The Morgan fingerprint density at radius 1 is 1.00 bits per heavy atom. The molecule has 2 fully saturated rings. The third-order valence-corrected chi connectivity index (χ3v) is 4.33. The number of piperidine rings is 1. The first-order valence-corrected chi connectivity index (χ1v) is 7.20. The van der Waals surface area contributed by atoms with Crippen LogP contribution in [0.5, 0.6) is 0 Å². The highest BCUT2D eigenvalue weighted by Crippen LogP contribution is 2.28. The van der Waals surface area contributed by atoms with Crippen LogP contribution in [0.1, 0.15) is 44.9 Å². The molecule has 1 atom stereocenters. The zero-order chi connectivity index (χ0) is 10.5. The lowest BCUT2D eigenvalue weighted by atomic mass is 9.94. The van der Waals surface area contributed by atoms with Crippen molar-refractivity contribution in [1.29, 1.82) is 0 Å². The molecule has 0 bridgehead atoms. The molecule has 0 aromatic rings. The second-order valence-corrected chi connectivity index (χ2v) is 5.77. The van der Waals surface area contributed by atoms with Gasteiger partial charge in [-0.05, 0) is 50.5 Å². The zero-order valence-electron chi connectivity index (χ0n) is 9.76. The molecule has 1 aliphatic carbocycles. The third kappa shape index (κ3) is 3.64. The van der Waals surface area contributed by atoms with E-state index in [1.807, 2.05) is 0 Å². The number of alkyl halides is 1. The van der Waals surface area contributed by atoms with Gasteiger partial charge < -0.3 is 4.90 Å². The van der Waals surface area contributed by atoms with Gasteiger partial charge in [-0.1, -0.05) is 12.8 Å². The van der Waals surface area contributed by atoms with Gasteiger partial charge in [-0.25, -0.2) is 0 Å². The number of hydrogen-bond acceptors (Lipinski definition) is 1. The van der Waals surface area contributed by atoms with Crippen molar-refractivity contribution in [3.63, 3.8) is 0 Å². The van der Waals surface area contributed by atoms with Crippen LogP contribution >= 0.6 is 11.6 Å². The van der Waals surface area contributed by atoms with Gasteiger partial charge in [-0.3, -0.25) is 0 Å². The summed E-state index contributed by atoms with van der Waals surface area (Å²) in [6, 6.07) is 0. The van der Waals surface area contributed by atoms with Gasteiger partial charge in [0.1, 0.15) is 0 Å². The number of rotatable bonds is 4. The first-order valence-electron chi connectivity index (χ1n) is 6.67. The molecule has 1 heterocycles. The van der Waals surface area contributed by atoms with Crippen molar-refractivity contribution in [3.05, 3.63) is 0 Å². The normalized spacial score (nSPS) is 29.8. The molecular formula is C13H24ClN. The van der Waals surface area contributed by atoms with Gasteiger partial charge in [0.15, 0.2) is 0 Å². The van der Waals surface area contributed by atoms with Gasteiger partial charge in [0.25, 0.3) is 0 Å². The highest BCUT2D eigenvalue weighted by molar-refractivity contribution is 6.17. The van der Waals surface area contributed by atoms with Crippen LogP contribution in [0.2, 0.25) is 0 Å². The van der Waals surface area contributed by atoms with Crippen molar-refractivity contribution >= 4 is 11.6 Å². The number of hydrogen-bond donors (Lipinski definition) is 0. The summed E-state index contributed by atoms with van der Waals surface area (Å²) >= 11 is 5.83. The van der Waals surface area contributed by atoms with E-state index < -0.39 is 0 Å². The Labute approximate surface area is 99.2 Å². The van der Waals surface area contributed by atoms with Gasteiger partial charge >= 0.3 is 0 Å². The molecule has 0 aromatic heterocycles. The highest BCUT2D eigenvalue weighted by Gasteiger charge is 2.23. The standard InChI is InChI=1S/C13H24ClN/c14-8-7-13-6-3-9-15(11-13)10-12-4-1-2-5-12/h12-13H,1-11H2. The summed E-state index contributed by atoms with van der Waals surface area (Å²) in [6.45, 7) is 4.04. The maximum absolute atomic E-state index is 5.83. The molecule has 0 amide bonds. The molecule has 1 saturated carbocycles. The molecular weight excluding hydrogens is 206 g/mol. The van der Waals surface area contributed by atoms with E-state index in [1.165, 1.54) is 64.6 Å². The van der Waals surface area contributed by atoms with Crippen molar-refractivity contribution < 1.29 is 0 Å². The van der Waals surface area contributed by atoms with Crippen LogP contribution in [0.25, 0.3) is 0 Å². The lowest BCUT2D eigenvalue weighted by Gasteiger charge is -2.34. The molecule has 2 aliphatic rings. The quantitative estimate of drug-likeness (QED) is 0.667. The molecule has 0 radical (unpaired) electrons. The Bertz CT molecular complexity index is 175. The lowest BCUT2D eigenvalue weighted by Crippen LogP contribution is -2.38. The second kappa shape index (κ2) is 6.10. The van der Waals surface area contributed by atoms with Gasteiger partial charge in [-0.2, -0.15) is 0 Å². The average molecular weight is 230 g/mol. The van der Waals surface area contributed by atoms with E-state index in [4.69, 9.17) is 11.6 Å². The fourth-order valence-corrected chi connectivity index (χ4v) is 3.57. The molecule has 2 rings (SSSR count). The summed E-state index contributed by atoms with van der Waals surface area (Å²) in [5.41, 5.74) is 0. The van der Waals surface area contributed by atoms with Gasteiger partial charge in [0.2, 0.25) is 0 Å². The minimum atomic E-state index is 0.849. The van der Waals surface area contributed by atoms with Crippen molar-refractivity contribution in [3.8, 4) is 0 Å². The van der Waals surface area contributed by atoms with Crippen molar-refractivity contribution in [1.82, 2.24) is 4.90 Å². The van der Waals surface area contributed by atoms with Crippen LogP contribution in [0.15, 0.2) is 0 Å². The average Bonchev–Trinajstić information content (AvgIpc) is 2.71. The number of halogens is 1. The fourth-order valence-electron chi connectivity index (χ4n) is 3.27. The van der Waals surface area contributed by atoms with E-state index >= 15 is 0 Å². The summed E-state index contributed by atoms with van der Waals surface area (Å²) in [7, 11) is 0. The predicted molar refractivity (Wildman–Crippen MR) is 66.5 cm³/mol. The predicted octanol–water partition coefficient (Wildman–Crippen LogP) is 3.52. The van der Waals surface area contributed by atoms with Crippen LogP contribution in [0.4, 0.5) is 0 Å². The Morgan fingerprint density at radius 3 is 2.47 bits per heavy atom. The third-order valence-electron chi connectivity index (χ3n) is 4.11. The summed E-state index contributed by atoms with van der Waals surface area (Å²) in [5.74, 6) is 2.75. The summed E-state index contributed by atoms with van der Waals surface area (Å²) in [5, 5.41) is 0. The molecule has 88 valence electrons. The van der Waals surface area contributed by atoms with Crippen molar-refractivity contribution in [2.24, 2.45) is 11.8 Å². The Morgan fingerprint density at radius 2 is 1.73 bits per heavy atom. The van der Waals surface area contributed by atoms with Gasteiger partial charge in [-0.15, -0.1) is 11.6 Å². The minimum absolute atomic E-state index is 0.849. The molecule has 1 unspecified atom stereocenters. The van der Waals surface area contributed by atoms with Crippen LogP contribution in [0.3, 0.4) is 0 Å². The zero-order valence-corrected chi connectivity index (χ0v) is 10.5. The largest absolute Gasteiger partial charge is 0.303 e. The first-order chi connectivity index (χ1) is 7.38. The van der Waals surface area contributed by atoms with Crippen molar-refractivity contribution in [2.75, 3.05) is 25.5 Å².